The van der Waals surface area contributed by atoms with Crippen LogP contribution in [0.4, 0.5) is 11.4 Å². The number of ether oxygens (including phenoxy) is 2. The molecule has 0 radical (unpaired) electrons. The molecule has 2 aliphatic heterocycles. The monoisotopic (exact) mass is 458 g/mol. The van der Waals surface area contributed by atoms with Crippen LogP contribution in [0.2, 0.25) is 0 Å². The molecule has 4 nitrogen and oxygen atoms in total. The minimum Gasteiger partial charge on any atom is -0.371 e. The quantitative estimate of drug-likeness (QED) is 0.555. The van der Waals surface area contributed by atoms with Gasteiger partial charge >= 0.3 is 0 Å². The Morgan fingerprint density at radius 1 is 0.471 bits per heavy atom. The summed E-state index contributed by atoms with van der Waals surface area (Å²) < 4.78 is 14.0. The maximum atomic E-state index is 6.99. The fourth-order valence-corrected chi connectivity index (χ4v) is 7.99. The van der Waals surface area contributed by atoms with Gasteiger partial charge in [0, 0.05) is 11.4 Å². The normalized spacial score (nSPS) is 39.4. The first-order chi connectivity index (χ1) is 16.9. The van der Waals surface area contributed by atoms with Crippen LogP contribution in [0.1, 0.15) is 64.2 Å². The Kier molecular flexibility index (Phi) is 5.55. The second kappa shape index (κ2) is 8.87. The van der Waals surface area contributed by atoms with E-state index in [1.165, 1.54) is 62.7 Å². The summed E-state index contributed by atoms with van der Waals surface area (Å²) in [6, 6.07) is 24.2. The Morgan fingerprint density at radius 3 is 1.32 bits per heavy atom. The highest BCUT2D eigenvalue weighted by atomic mass is 16.5. The van der Waals surface area contributed by atoms with Crippen LogP contribution < -0.4 is 9.80 Å². The standard InChI is InChI=1S/C30H38N2O2/c1-3-11-21(12-4-1)31-23-15-7-9-17-27(23)33-29-20-26-30(19-25(29)31)34-28-18-10-8-16-24(28)32(26)22-13-5-2-6-14-22/h1-6,11-14,23-30H,7-10,15-20H2. The van der Waals surface area contributed by atoms with Crippen molar-refractivity contribution in [3.8, 4) is 0 Å². The highest BCUT2D eigenvalue weighted by Crippen LogP contribution is 2.47. The lowest BCUT2D eigenvalue weighted by Gasteiger charge is -2.61. The molecule has 8 unspecified atom stereocenters. The molecule has 2 saturated heterocycles. The number of rotatable bonds is 2. The molecule has 7 rings (SSSR count). The summed E-state index contributed by atoms with van der Waals surface area (Å²) in [5.41, 5.74) is 2.75. The minimum atomic E-state index is 0.274. The van der Waals surface area contributed by atoms with Gasteiger partial charge in [-0.2, -0.15) is 0 Å². The predicted octanol–water partition coefficient (Wildman–Crippen LogP) is 5.95. The maximum absolute atomic E-state index is 6.99. The van der Waals surface area contributed by atoms with Gasteiger partial charge in [-0.15, -0.1) is 0 Å². The van der Waals surface area contributed by atoms with Crippen LogP contribution in [-0.4, -0.2) is 48.6 Å². The third kappa shape index (κ3) is 3.56. The van der Waals surface area contributed by atoms with Crippen LogP contribution in [0.25, 0.3) is 0 Å². The summed E-state index contributed by atoms with van der Waals surface area (Å²) in [5.74, 6) is 0. The van der Waals surface area contributed by atoms with Crippen molar-refractivity contribution in [2.24, 2.45) is 0 Å². The van der Waals surface area contributed by atoms with E-state index >= 15 is 0 Å². The Balaban J connectivity index is 1.25. The molecule has 4 heteroatoms. The fourth-order valence-electron chi connectivity index (χ4n) is 7.99. The summed E-state index contributed by atoms with van der Waals surface area (Å²) in [6.45, 7) is 0. The number of hydrogen-bond donors (Lipinski definition) is 0. The maximum Gasteiger partial charge on any atom is 0.0804 e. The molecule has 0 spiro atoms. The molecule has 3 aliphatic carbocycles. The van der Waals surface area contributed by atoms with Gasteiger partial charge in [0.15, 0.2) is 0 Å². The lowest BCUT2D eigenvalue weighted by molar-refractivity contribution is -0.154. The molecule has 2 heterocycles. The van der Waals surface area contributed by atoms with Crippen molar-refractivity contribution in [3.63, 3.8) is 0 Å². The van der Waals surface area contributed by atoms with E-state index in [1.807, 2.05) is 0 Å². The number of fused-ring (bicyclic) bond motifs is 4. The van der Waals surface area contributed by atoms with Gasteiger partial charge in [-0.3, -0.25) is 0 Å². The molecule has 8 atom stereocenters. The summed E-state index contributed by atoms with van der Waals surface area (Å²) in [6.07, 6.45) is 13.6. The second-order valence-electron chi connectivity index (χ2n) is 11.2. The molecule has 0 amide bonds. The molecular formula is C30H38N2O2. The average Bonchev–Trinajstić information content (AvgIpc) is 2.90. The van der Waals surface area contributed by atoms with Gasteiger partial charge in [-0.1, -0.05) is 62.1 Å². The average molecular weight is 459 g/mol. The summed E-state index contributed by atoms with van der Waals surface area (Å²) in [4.78, 5) is 5.55. The third-order valence-corrected chi connectivity index (χ3v) is 9.38. The van der Waals surface area contributed by atoms with Gasteiger partial charge < -0.3 is 19.3 Å². The zero-order chi connectivity index (χ0) is 22.5. The lowest BCUT2D eigenvalue weighted by atomic mass is 9.76. The first kappa shape index (κ1) is 21.3. The van der Waals surface area contributed by atoms with Crippen LogP contribution in [0.15, 0.2) is 60.7 Å². The molecule has 5 aliphatic rings. The smallest absolute Gasteiger partial charge is 0.0804 e. The van der Waals surface area contributed by atoms with Crippen LogP contribution in [0.5, 0.6) is 0 Å². The van der Waals surface area contributed by atoms with Crippen molar-refractivity contribution in [1.82, 2.24) is 0 Å². The first-order valence-electron chi connectivity index (χ1n) is 13.8. The van der Waals surface area contributed by atoms with Crippen molar-refractivity contribution in [1.29, 1.82) is 0 Å². The number of benzene rings is 2. The molecule has 3 saturated carbocycles. The zero-order valence-electron chi connectivity index (χ0n) is 20.2. The van der Waals surface area contributed by atoms with Crippen molar-refractivity contribution in [2.45, 2.75) is 113 Å². The highest BCUT2D eigenvalue weighted by molar-refractivity contribution is 5.52. The first-order valence-corrected chi connectivity index (χ1v) is 13.8. The van der Waals surface area contributed by atoms with Crippen molar-refractivity contribution in [2.75, 3.05) is 9.80 Å². The van der Waals surface area contributed by atoms with E-state index in [9.17, 15) is 0 Å². The van der Waals surface area contributed by atoms with Gasteiger partial charge in [-0.05, 0) is 62.8 Å². The SMILES string of the molecule is c1ccc(N2C3CCCCC3OC3CC4C(CC32)OC2CCCCC2N4c2ccccc2)cc1. The molecule has 0 bridgehead atoms. The van der Waals surface area contributed by atoms with Crippen LogP contribution in [0, 0.1) is 0 Å². The van der Waals surface area contributed by atoms with E-state index in [0.717, 1.165) is 12.8 Å². The highest BCUT2D eigenvalue weighted by Gasteiger charge is 2.54. The molecular weight excluding hydrogens is 420 g/mol. The molecule has 0 aromatic heterocycles. The van der Waals surface area contributed by atoms with Crippen molar-refractivity contribution < 1.29 is 9.47 Å². The summed E-state index contributed by atoms with van der Waals surface area (Å²) >= 11 is 0. The van der Waals surface area contributed by atoms with Gasteiger partial charge in [0.1, 0.15) is 0 Å². The van der Waals surface area contributed by atoms with E-state index in [-0.39, 0.29) is 12.2 Å². The van der Waals surface area contributed by atoms with E-state index in [0.29, 0.717) is 36.4 Å². The molecule has 5 fully saturated rings. The van der Waals surface area contributed by atoms with Crippen molar-refractivity contribution in [3.05, 3.63) is 60.7 Å². The predicted molar refractivity (Wildman–Crippen MR) is 136 cm³/mol. The minimum absolute atomic E-state index is 0.274. The van der Waals surface area contributed by atoms with E-state index in [2.05, 4.69) is 70.5 Å². The van der Waals surface area contributed by atoms with E-state index in [1.54, 1.807) is 0 Å². The third-order valence-electron chi connectivity index (χ3n) is 9.38. The Hall–Kier alpha value is -2.04. The second-order valence-corrected chi connectivity index (χ2v) is 11.2. The molecule has 34 heavy (non-hydrogen) atoms. The molecule has 180 valence electrons. The fraction of sp³-hybridized carbons (Fsp3) is 0.600. The lowest BCUT2D eigenvalue weighted by Crippen LogP contribution is -2.71. The zero-order valence-corrected chi connectivity index (χ0v) is 20.2. The largest absolute Gasteiger partial charge is 0.371 e. The van der Waals surface area contributed by atoms with Crippen molar-refractivity contribution >= 4 is 11.4 Å². The number of morpholine rings is 2. The van der Waals surface area contributed by atoms with Gasteiger partial charge in [0.25, 0.3) is 0 Å². The summed E-state index contributed by atoms with van der Waals surface area (Å²) in [5, 5.41) is 0. The van der Waals surface area contributed by atoms with E-state index in [4.69, 9.17) is 9.47 Å². The summed E-state index contributed by atoms with van der Waals surface area (Å²) in [7, 11) is 0. The van der Waals surface area contributed by atoms with Crippen LogP contribution >= 0.6 is 0 Å². The van der Waals surface area contributed by atoms with Crippen LogP contribution in [0.3, 0.4) is 0 Å². The van der Waals surface area contributed by atoms with Gasteiger partial charge in [-0.25, -0.2) is 0 Å². The number of nitrogens with zero attached hydrogens (tertiary/aromatic N) is 2. The topological polar surface area (TPSA) is 24.9 Å². The van der Waals surface area contributed by atoms with Crippen LogP contribution in [-0.2, 0) is 9.47 Å². The van der Waals surface area contributed by atoms with Gasteiger partial charge in [0.05, 0.1) is 48.6 Å². The number of para-hydroxylation sites is 2. The Bertz CT molecular complexity index is 889. The molecule has 2 aromatic rings. The Morgan fingerprint density at radius 2 is 0.882 bits per heavy atom. The number of hydrogen-bond acceptors (Lipinski definition) is 4. The molecule has 2 aromatic carbocycles. The molecule has 0 N–H and O–H groups in total. The Labute approximate surface area is 204 Å². The van der Waals surface area contributed by atoms with E-state index < -0.39 is 0 Å². The number of anilines is 2. The van der Waals surface area contributed by atoms with Gasteiger partial charge in [0.2, 0.25) is 0 Å².